The predicted molar refractivity (Wildman–Crippen MR) is 58.4 cm³/mol. The van der Waals surface area contributed by atoms with Crippen LogP contribution in [0.5, 0.6) is 0 Å². The van der Waals surface area contributed by atoms with E-state index in [0.717, 1.165) is 23.8 Å². The number of nitrogens with zero attached hydrogens (tertiary/aromatic N) is 1. The highest BCUT2D eigenvalue weighted by molar-refractivity contribution is 7.09. The normalized spacial score (nSPS) is 10.7. The fourth-order valence-corrected chi connectivity index (χ4v) is 1.65. The summed E-state index contributed by atoms with van der Waals surface area (Å²) < 4.78 is 5.22. The van der Waals surface area contributed by atoms with Crippen molar-refractivity contribution in [2.45, 2.75) is 13.5 Å². The van der Waals surface area contributed by atoms with E-state index in [1.165, 1.54) is 0 Å². The van der Waals surface area contributed by atoms with Crippen LogP contribution in [0, 0.1) is 6.92 Å². The van der Waals surface area contributed by atoms with Crippen molar-refractivity contribution in [3.8, 4) is 0 Å². The Morgan fingerprint density at radius 2 is 2.43 bits per heavy atom. The minimum atomic E-state index is 0.589. The standard InChI is InChI=1S/C9H17N3OS/c1-8-12-9(7-14-8)6-11-3-5-13-4-2-10/h7,11H,2-6,10H2,1H3. The number of aromatic nitrogens is 1. The maximum Gasteiger partial charge on any atom is 0.0897 e. The summed E-state index contributed by atoms with van der Waals surface area (Å²) in [7, 11) is 0. The molecule has 0 saturated heterocycles. The van der Waals surface area contributed by atoms with Gasteiger partial charge in [0.1, 0.15) is 0 Å². The molecule has 0 aromatic carbocycles. The lowest BCUT2D eigenvalue weighted by atomic mass is 10.5. The second kappa shape index (κ2) is 6.89. The van der Waals surface area contributed by atoms with E-state index in [2.05, 4.69) is 15.7 Å². The maximum atomic E-state index is 5.28. The first kappa shape index (κ1) is 11.6. The molecule has 0 fully saturated rings. The van der Waals surface area contributed by atoms with E-state index in [-0.39, 0.29) is 0 Å². The van der Waals surface area contributed by atoms with E-state index >= 15 is 0 Å². The summed E-state index contributed by atoms with van der Waals surface area (Å²) in [6.07, 6.45) is 0. The van der Waals surface area contributed by atoms with Crippen LogP contribution in [0.2, 0.25) is 0 Å². The lowest BCUT2D eigenvalue weighted by Crippen LogP contribution is -2.21. The van der Waals surface area contributed by atoms with Gasteiger partial charge < -0.3 is 15.8 Å². The number of nitrogens with one attached hydrogen (secondary N) is 1. The summed E-state index contributed by atoms with van der Waals surface area (Å²) in [6, 6.07) is 0. The molecule has 5 heteroatoms. The van der Waals surface area contributed by atoms with Crippen LogP contribution >= 0.6 is 11.3 Å². The second-order valence-corrected chi connectivity index (χ2v) is 4.00. The smallest absolute Gasteiger partial charge is 0.0897 e. The van der Waals surface area contributed by atoms with Gasteiger partial charge in [-0.2, -0.15) is 0 Å². The second-order valence-electron chi connectivity index (χ2n) is 2.94. The van der Waals surface area contributed by atoms with Crippen LogP contribution in [0.4, 0.5) is 0 Å². The fourth-order valence-electron chi connectivity index (χ4n) is 1.04. The third kappa shape index (κ3) is 4.66. The van der Waals surface area contributed by atoms with Gasteiger partial charge in [0.05, 0.1) is 23.9 Å². The molecule has 80 valence electrons. The zero-order valence-electron chi connectivity index (χ0n) is 8.45. The average molecular weight is 215 g/mol. The maximum absolute atomic E-state index is 5.28. The molecule has 0 unspecified atom stereocenters. The monoisotopic (exact) mass is 215 g/mol. The zero-order chi connectivity index (χ0) is 10.2. The van der Waals surface area contributed by atoms with Crippen molar-refractivity contribution < 1.29 is 4.74 Å². The summed E-state index contributed by atoms with van der Waals surface area (Å²) in [5.41, 5.74) is 6.39. The highest BCUT2D eigenvalue weighted by Gasteiger charge is 1.96. The van der Waals surface area contributed by atoms with Crippen LogP contribution in [-0.4, -0.2) is 31.3 Å². The van der Waals surface area contributed by atoms with Gasteiger partial charge in [-0.25, -0.2) is 4.98 Å². The molecule has 0 atom stereocenters. The Kier molecular flexibility index (Phi) is 5.70. The largest absolute Gasteiger partial charge is 0.379 e. The van der Waals surface area contributed by atoms with Crippen LogP contribution in [0.3, 0.4) is 0 Å². The summed E-state index contributed by atoms with van der Waals surface area (Å²) in [5.74, 6) is 0. The number of nitrogens with two attached hydrogens (primary N) is 1. The highest BCUT2D eigenvalue weighted by atomic mass is 32.1. The summed E-state index contributed by atoms with van der Waals surface area (Å²) in [4.78, 5) is 4.34. The molecular weight excluding hydrogens is 198 g/mol. The van der Waals surface area contributed by atoms with E-state index < -0.39 is 0 Å². The molecule has 1 rings (SSSR count). The quantitative estimate of drug-likeness (QED) is 0.651. The highest BCUT2D eigenvalue weighted by Crippen LogP contribution is 2.06. The van der Waals surface area contributed by atoms with Crippen molar-refractivity contribution in [2.24, 2.45) is 5.73 Å². The van der Waals surface area contributed by atoms with E-state index in [0.29, 0.717) is 19.8 Å². The first-order valence-electron chi connectivity index (χ1n) is 4.72. The van der Waals surface area contributed by atoms with Crippen molar-refractivity contribution >= 4 is 11.3 Å². The average Bonchev–Trinajstić information content (AvgIpc) is 2.58. The van der Waals surface area contributed by atoms with Gasteiger partial charge in [0.2, 0.25) is 0 Å². The molecule has 3 N–H and O–H groups in total. The molecule has 0 aliphatic carbocycles. The number of hydrogen-bond donors (Lipinski definition) is 2. The van der Waals surface area contributed by atoms with E-state index in [9.17, 15) is 0 Å². The Labute approximate surface area is 88.5 Å². The van der Waals surface area contributed by atoms with Crippen molar-refractivity contribution in [3.05, 3.63) is 16.1 Å². The van der Waals surface area contributed by atoms with Gasteiger partial charge in [-0.1, -0.05) is 0 Å². The number of hydrogen-bond acceptors (Lipinski definition) is 5. The van der Waals surface area contributed by atoms with Crippen LogP contribution < -0.4 is 11.1 Å². The molecule has 4 nitrogen and oxygen atoms in total. The molecule has 0 aliphatic rings. The van der Waals surface area contributed by atoms with Crippen LogP contribution in [0.1, 0.15) is 10.7 Å². The fraction of sp³-hybridized carbons (Fsp3) is 0.667. The lowest BCUT2D eigenvalue weighted by Gasteiger charge is -2.03. The molecule has 1 aromatic heterocycles. The molecule has 0 bridgehead atoms. The Balaban J connectivity index is 1.99. The number of aryl methyl sites for hydroxylation is 1. The predicted octanol–water partition coefficient (Wildman–Crippen LogP) is 0.516. The minimum Gasteiger partial charge on any atom is -0.379 e. The number of ether oxygens (including phenoxy) is 1. The van der Waals surface area contributed by atoms with Gasteiger partial charge in [-0.3, -0.25) is 0 Å². The molecule has 1 heterocycles. The molecule has 0 aliphatic heterocycles. The van der Waals surface area contributed by atoms with Crippen molar-refractivity contribution in [1.82, 2.24) is 10.3 Å². The molecule has 1 aromatic rings. The first-order valence-corrected chi connectivity index (χ1v) is 5.60. The molecular formula is C9H17N3OS. The van der Waals surface area contributed by atoms with Crippen LogP contribution in [-0.2, 0) is 11.3 Å². The Bertz CT molecular complexity index is 252. The summed E-state index contributed by atoms with van der Waals surface area (Å²) in [6.45, 7) is 5.61. The molecule has 0 saturated carbocycles. The number of thiazole rings is 1. The minimum absolute atomic E-state index is 0.589. The molecule has 0 radical (unpaired) electrons. The molecule has 14 heavy (non-hydrogen) atoms. The van der Waals surface area contributed by atoms with Gasteiger partial charge in [0.25, 0.3) is 0 Å². The van der Waals surface area contributed by atoms with Gasteiger partial charge in [0.15, 0.2) is 0 Å². The third-order valence-corrected chi connectivity index (χ3v) is 2.48. The summed E-state index contributed by atoms with van der Waals surface area (Å²) >= 11 is 1.68. The molecule has 0 spiro atoms. The van der Waals surface area contributed by atoms with E-state index in [1.54, 1.807) is 11.3 Å². The van der Waals surface area contributed by atoms with Crippen LogP contribution in [0.15, 0.2) is 5.38 Å². The first-order chi connectivity index (χ1) is 6.83. The van der Waals surface area contributed by atoms with Gasteiger partial charge in [-0.05, 0) is 6.92 Å². The third-order valence-electron chi connectivity index (χ3n) is 1.66. The Hall–Kier alpha value is -0.490. The van der Waals surface area contributed by atoms with Crippen molar-refractivity contribution in [3.63, 3.8) is 0 Å². The Morgan fingerprint density at radius 3 is 3.07 bits per heavy atom. The number of rotatable bonds is 7. The van der Waals surface area contributed by atoms with Gasteiger partial charge in [0, 0.05) is 25.0 Å². The van der Waals surface area contributed by atoms with Gasteiger partial charge in [-0.15, -0.1) is 11.3 Å². The SMILES string of the molecule is Cc1nc(CNCCOCCN)cs1. The zero-order valence-corrected chi connectivity index (χ0v) is 9.27. The van der Waals surface area contributed by atoms with Crippen molar-refractivity contribution in [2.75, 3.05) is 26.3 Å². The van der Waals surface area contributed by atoms with Crippen molar-refractivity contribution in [1.29, 1.82) is 0 Å². The van der Waals surface area contributed by atoms with Crippen LogP contribution in [0.25, 0.3) is 0 Å². The van der Waals surface area contributed by atoms with E-state index in [1.807, 2.05) is 6.92 Å². The molecule has 0 amide bonds. The topological polar surface area (TPSA) is 60.2 Å². The lowest BCUT2D eigenvalue weighted by molar-refractivity contribution is 0.143. The summed E-state index contributed by atoms with van der Waals surface area (Å²) in [5, 5.41) is 6.44. The van der Waals surface area contributed by atoms with E-state index in [4.69, 9.17) is 10.5 Å². The Morgan fingerprint density at radius 1 is 1.57 bits per heavy atom. The van der Waals surface area contributed by atoms with Gasteiger partial charge >= 0.3 is 0 Å².